The molecule has 4 nitrogen and oxygen atoms in total. The number of fused-ring (bicyclic) bond motifs is 6. The molecule has 6 rings (SSSR count). The van der Waals surface area contributed by atoms with Crippen LogP contribution >= 0.6 is 0 Å². The van der Waals surface area contributed by atoms with Gasteiger partial charge in [-0.1, -0.05) is 59.9 Å². The van der Waals surface area contributed by atoms with E-state index in [0.29, 0.717) is 12.6 Å². The molecule has 3 aromatic carbocycles. The molecule has 1 atom stereocenters. The summed E-state index contributed by atoms with van der Waals surface area (Å²) in [6, 6.07) is 22.0. The standard InChI is InChI=1S/C28H28N2O2.C16H6/c1-18-7-9-19(10-8-18)17-32-28-15-22-20(13-27(28)31-2)11-12-30-16-25-23(14-26(22)30)21-5-3-4-6-24(21)29-25;1-3-5-7-9-11-13-15-16-14-12-10-8-6-4-2/h3-10,13,15,26,29H,11-12,14,16-17H2,1-2H3;1-2H3. The van der Waals surface area contributed by atoms with Crippen LogP contribution < -0.4 is 9.47 Å². The monoisotopic (exact) mass is 622 g/mol. The smallest absolute Gasteiger partial charge is 0.162 e. The minimum atomic E-state index is 0.373. The van der Waals surface area contributed by atoms with Crippen molar-refractivity contribution in [3.05, 3.63) is 94.2 Å². The molecule has 2 aliphatic heterocycles. The Morgan fingerprint density at radius 1 is 0.771 bits per heavy atom. The Morgan fingerprint density at radius 3 is 2.02 bits per heavy atom. The number of aromatic amines is 1. The third kappa shape index (κ3) is 8.48. The van der Waals surface area contributed by atoms with Crippen molar-refractivity contribution in [1.82, 2.24) is 9.88 Å². The van der Waals surface area contributed by atoms with Crippen LogP contribution in [0.2, 0.25) is 0 Å². The highest BCUT2D eigenvalue weighted by Gasteiger charge is 2.34. The van der Waals surface area contributed by atoms with Crippen molar-refractivity contribution in [3.8, 4) is 94.4 Å². The van der Waals surface area contributed by atoms with Crippen molar-refractivity contribution in [2.24, 2.45) is 0 Å². The minimum Gasteiger partial charge on any atom is -0.493 e. The number of methoxy groups -OCH3 is 1. The van der Waals surface area contributed by atoms with Crippen molar-refractivity contribution in [2.75, 3.05) is 13.7 Å². The summed E-state index contributed by atoms with van der Waals surface area (Å²) in [6.07, 6.45) is 2.06. The topological polar surface area (TPSA) is 37.5 Å². The van der Waals surface area contributed by atoms with Crippen molar-refractivity contribution in [2.45, 2.75) is 52.8 Å². The number of para-hydroxylation sites is 1. The van der Waals surface area contributed by atoms with Gasteiger partial charge in [0.1, 0.15) is 6.61 Å². The number of hydrogen-bond acceptors (Lipinski definition) is 3. The molecule has 0 saturated heterocycles. The first-order valence-electron chi connectivity index (χ1n) is 15.7. The fourth-order valence-corrected chi connectivity index (χ4v) is 5.76. The van der Waals surface area contributed by atoms with Crippen molar-refractivity contribution < 1.29 is 9.47 Å². The molecule has 0 radical (unpaired) electrons. The number of aromatic nitrogens is 1. The average molecular weight is 623 g/mol. The molecule has 1 aromatic heterocycles. The summed E-state index contributed by atoms with van der Waals surface area (Å²) in [7, 11) is 1.73. The Hall–Kier alpha value is -6.32. The zero-order valence-corrected chi connectivity index (χ0v) is 27.7. The summed E-state index contributed by atoms with van der Waals surface area (Å²) in [6.45, 7) is 8.10. The Labute approximate surface area is 284 Å². The largest absolute Gasteiger partial charge is 0.493 e. The third-order valence-corrected chi connectivity index (χ3v) is 8.01. The van der Waals surface area contributed by atoms with Gasteiger partial charge >= 0.3 is 0 Å². The number of aryl methyl sites for hydroxylation is 1. The van der Waals surface area contributed by atoms with Gasteiger partial charge in [-0.05, 0) is 145 Å². The van der Waals surface area contributed by atoms with E-state index in [1.165, 1.54) is 38.9 Å². The minimum absolute atomic E-state index is 0.373. The first-order chi connectivity index (χ1) is 23.6. The van der Waals surface area contributed by atoms with Crippen LogP contribution in [-0.4, -0.2) is 23.5 Å². The van der Waals surface area contributed by atoms with Crippen molar-refractivity contribution in [3.63, 3.8) is 0 Å². The summed E-state index contributed by atoms with van der Waals surface area (Å²) in [5.74, 6) is 37.2. The molecular weight excluding hydrogens is 588 g/mol. The highest BCUT2D eigenvalue weighted by atomic mass is 16.5. The third-order valence-electron chi connectivity index (χ3n) is 8.01. The first kappa shape index (κ1) is 33.1. The first-order valence-corrected chi connectivity index (χ1v) is 15.7. The molecule has 48 heavy (non-hydrogen) atoms. The predicted octanol–water partition coefficient (Wildman–Crippen LogP) is 6.77. The van der Waals surface area contributed by atoms with Gasteiger partial charge in [0, 0.05) is 35.7 Å². The molecule has 1 N–H and O–H groups in total. The van der Waals surface area contributed by atoms with Crippen LogP contribution in [0.15, 0.2) is 60.7 Å². The lowest BCUT2D eigenvalue weighted by molar-refractivity contribution is 0.158. The Morgan fingerprint density at radius 2 is 1.40 bits per heavy atom. The highest BCUT2D eigenvalue weighted by molar-refractivity contribution is 5.85. The van der Waals surface area contributed by atoms with Gasteiger partial charge in [0.25, 0.3) is 0 Å². The molecular formula is C44H34N2O2. The van der Waals surface area contributed by atoms with Crippen LogP contribution in [0.4, 0.5) is 0 Å². The number of ether oxygens (including phenoxy) is 2. The van der Waals surface area contributed by atoms with Gasteiger partial charge in [-0.25, -0.2) is 0 Å². The molecule has 0 aliphatic carbocycles. The number of H-pyrrole nitrogens is 1. The average Bonchev–Trinajstić information content (AvgIpc) is 3.48. The Bertz CT molecular complexity index is 2200. The zero-order valence-electron chi connectivity index (χ0n) is 27.7. The molecule has 0 spiro atoms. The molecule has 3 heterocycles. The van der Waals surface area contributed by atoms with E-state index in [-0.39, 0.29) is 0 Å². The molecule has 2 aliphatic rings. The maximum atomic E-state index is 6.27. The molecule has 4 heteroatoms. The van der Waals surface area contributed by atoms with E-state index in [9.17, 15) is 0 Å². The molecule has 1 unspecified atom stereocenters. The van der Waals surface area contributed by atoms with Gasteiger partial charge in [0.05, 0.1) is 7.11 Å². The van der Waals surface area contributed by atoms with Crippen LogP contribution in [0.3, 0.4) is 0 Å². The lowest BCUT2D eigenvalue weighted by atomic mass is 9.85. The molecule has 4 aromatic rings. The maximum absolute atomic E-state index is 6.27. The van der Waals surface area contributed by atoms with E-state index in [1.807, 2.05) is 0 Å². The summed E-state index contributed by atoms with van der Waals surface area (Å²) >= 11 is 0. The lowest BCUT2D eigenvalue weighted by Gasteiger charge is -2.40. The van der Waals surface area contributed by atoms with E-state index < -0.39 is 0 Å². The fraction of sp³-hybridized carbons (Fsp3) is 0.227. The van der Waals surface area contributed by atoms with Crippen molar-refractivity contribution >= 4 is 10.9 Å². The number of nitrogens with one attached hydrogen (secondary N) is 1. The predicted molar refractivity (Wildman–Crippen MR) is 193 cm³/mol. The molecule has 232 valence electrons. The highest BCUT2D eigenvalue weighted by Crippen LogP contribution is 2.44. The van der Waals surface area contributed by atoms with E-state index in [4.69, 9.17) is 9.47 Å². The van der Waals surface area contributed by atoms with E-state index >= 15 is 0 Å². The number of nitrogens with zero attached hydrogens (tertiary/aromatic N) is 1. The van der Waals surface area contributed by atoms with E-state index in [0.717, 1.165) is 43.0 Å². The van der Waals surface area contributed by atoms with Gasteiger partial charge in [0.2, 0.25) is 0 Å². The fourth-order valence-electron chi connectivity index (χ4n) is 5.76. The molecule has 0 saturated carbocycles. The van der Waals surface area contributed by atoms with Crippen LogP contribution in [0.5, 0.6) is 11.5 Å². The molecule has 0 amide bonds. The van der Waals surface area contributed by atoms with Gasteiger partial charge in [-0.3, -0.25) is 4.90 Å². The number of benzene rings is 3. The summed E-state index contributed by atoms with van der Waals surface area (Å²) in [4.78, 5) is 6.27. The van der Waals surface area contributed by atoms with Crippen LogP contribution in [0.1, 0.15) is 53.4 Å². The second kappa shape index (κ2) is 16.8. The summed E-state index contributed by atoms with van der Waals surface area (Å²) in [5.41, 5.74) is 9.27. The zero-order chi connectivity index (χ0) is 33.6. The SMILES string of the molecule is CC#CC#CC#CC#CC#CC#CC#CC.COc1cc2c(cc1OCc1ccc(C)cc1)C1Cc3c([nH]c4ccccc34)CN1CC2. The molecule has 0 fully saturated rings. The van der Waals surface area contributed by atoms with Gasteiger partial charge in [-0.2, -0.15) is 0 Å². The summed E-state index contributed by atoms with van der Waals surface area (Å²) < 4.78 is 12.0. The van der Waals surface area contributed by atoms with Gasteiger partial charge in [-0.15, -0.1) is 0 Å². The normalized spacial score (nSPS) is 13.0. The van der Waals surface area contributed by atoms with Gasteiger partial charge < -0.3 is 14.5 Å². The number of hydrogen-bond donors (Lipinski definition) is 1. The van der Waals surface area contributed by atoms with Crippen LogP contribution in [0, 0.1) is 89.8 Å². The van der Waals surface area contributed by atoms with E-state index in [1.54, 1.807) is 21.0 Å². The van der Waals surface area contributed by atoms with E-state index in [2.05, 4.69) is 160 Å². The van der Waals surface area contributed by atoms with Gasteiger partial charge in [0.15, 0.2) is 11.5 Å². The Balaban J connectivity index is 0.000000241. The second-order valence-corrected chi connectivity index (χ2v) is 11.0. The number of rotatable bonds is 4. The van der Waals surface area contributed by atoms with Crippen molar-refractivity contribution in [1.29, 1.82) is 0 Å². The Kier molecular flexibility index (Phi) is 11.6. The lowest BCUT2D eigenvalue weighted by Crippen LogP contribution is -2.39. The van der Waals surface area contributed by atoms with Crippen LogP contribution in [0.25, 0.3) is 10.9 Å². The molecule has 0 bridgehead atoms. The summed E-state index contributed by atoms with van der Waals surface area (Å²) in [5, 5.41) is 1.36. The maximum Gasteiger partial charge on any atom is 0.162 e. The van der Waals surface area contributed by atoms with Crippen LogP contribution in [-0.2, 0) is 26.0 Å². The quantitative estimate of drug-likeness (QED) is 0.256. The second-order valence-electron chi connectivity index (χ2n) is 11.0.